The largest absolute Gasteiger partial charge is 0.495 e. The zero-order valence-corrected chi connectivity index (χ0v) is 13.6. The summed E-state index contributed by atoms with van der Waals surface area (Å²) in [6, 6.07) is 6.93. The van der Waals surface area contributed by atoms with E-state index in [9.17, 15) is 9.90 Å². The molecule has 104 valence electrons. The van der Waals surface area contributed by atoms with Crippen LogP contribution in [0.1, 0.15) is 10.4 Å². The third-order valence-corrected chi connectivity index (χ3v) is 4.27. The molecule has 20 heavy (non-hydrogen) atoms. The second-order valence-corrected chi connectivity index (χ2v) is 6.09. The van der Waals surface area contributed by atoms with Crippen LogP contribution in [0, 0.1) is 0 Å². The quantitative estimate of drug-likeness (QED) is 0.783. The number of methoxy groups -OCH3 is 1. The number of carbonyl (C=O) groups is 1. The second kappa shape index (κ2) is 6.43. The lowest BCUT2D eigenvalue weighted by atomic mass is 10.1. The van der Waals surface area contributed by atoms with E-state index >= 15 is 0 Å². The number of ether oxygens (including phenoxy) is 1. The van der Waals surface area contributed by atoms with Gasteiger partial charge < -0.3 is 9.84 Å². The van der Waals surface area contributed by atoms with Crippen LogP contribution < -0.4 is 4.74 Å². The average Bonchev–Trinajstić information content (AvgIpc) is 2.88. The number of carboxylic acids is 1. The van der Waals surface area contributed by atoms with Crippen LogP contribution in [0.3, 0.4) is 0 Å². The highest BCUT2D eigenvalue weighted by Gasteiger charge is 2.14. The SMILES string of the molecule is COc1c(Br)cc(Cl)cc1/C=C(\C(=O)O)c1cccs1. The topological polar surface area (TPSA) is 46.5 Å². The van der Waals surface area contributed by atoms with Crippen LogP contribution in [0.5, 0.6) is 5.75 Å². The van der Waals surface area contributed by atoms with Crippen LogP contribution in [0.2, 0.25) is 5.02 Å². The maximum atomic E-state index is 11.4. The van der Waals surface area contributed by atoms with Gasteiger partial charge in [0.2, 0.25) is 0 Å². The second-order valence-electron chi connectivity index (χ2n) is 3.85. The molecule has 0 amide bonds. The number of halogens is 2. The summed E-state index contributed by atoms with van der Waals surface area (Å²) in [5, 5.41) is 11.7. The van der Waals surface area contributed by atoms with Crippen molar-refractivity contribution >= 4 is 56.5 Å². The molecule has 0 atom stereocenters. The summed E-state index contributed by atoms with van der Waals surface area (Å²) >= 11 is 10.7. The van der Waals surface area contributed by atoms with Crippen LogP contribution >= 0.6 is 38.9 Å². The molecule has 0 bridgehead atoms. The third-order valence-electron chi connectivity index (χ3n) is 2.56. The number of hydrogen-bond acceptors (Lipinski definition) is 3. The number of aliphatic carboxylic acids is 1. The molecule has 1 aromatic carbocycles. The van der Waals surface area contributed by atoms with E-state index in [0.717, 1.165) is 0 Å². The Morgan fingerprint density at radius 1 is 1.50 bits per heavy atom. The summed E-state index contributed by atoms with van der Waals surface area (Å²) in [7, 11) is 1.52. The highest BCUT2D eigenvalue weighted by molar-refractivity contribution is 9.10. The van der Waals surface area contributed by atoms with Gasteiger partial charge in [-0.2, -0.15) is 0 Å². The molecule has 2 rings (SSSR count). The third kappa shape index (κ3) is 3.23. The molecule has 6 heteroatoms. The highest BCUT2D eigenvalue weighted by atomic mass is 79.9. The minimum absolute atomic E-state index is 0.201. The number of rotatable bonds is 4. The van der Waals surface area contributed by atoms with Gasteiger partial charge in [0.15, 0.2) is 0 Å². The Morgan fingerprint density at radius 3 is 2.80 bits per heavy atom. The Balaban J connectivity index is 2.60. The van der Waals surface area contributed by atoms with E-state index in [1.165, 1.54) is 18.4 Å². The Labute approximate surface area is 133 Å². The molecule has 1 heterocycles. The molecule has 0 aliphatic rings. The standard InChI is InChI=1S/C14H10BrClO3S/c1-19-13-8(5-9(16)7-11(13)15)6-10(14(17)18)12-3-2-4-20-12/h2-7H,1H3,(H,17,18)/b10-6-. The van der Waals surface area contributed by atoms with Crippen molar-refractivity contribution in [2.75, 3.05) is 7.11 Å². The van der Waals surface area contributed by atoms with Gasteiger partial charge in [-0.25, -0.2) is 4.79 Å². The lowest BCUT2D eigenvalue weighted by Gasteiger charge is -2.09. The first-order chi connectivity index (χ1) is 9.52. The maximum Gasteiger partial charge on any atom is 0.337 e. The van der Waals surface area contributed by atoms with Crippen molar-refractivity contribution in [2.24, 2.45) is 0 Å². The van der Waals surface area contributed by atoms with Crippen molar-refractivity contribution in [1.82, 2.24) is 0 Å². The molecule has 0 unspecified atom stereocenters. The van der Waals surface area contributed by atoms with Crippen LogP contribution in [0.25, 0.3) is 11.6 Å². The molecule has 0 radical (unpaired) electrons. The van der Waals surface area contributed by atoms with Crippen molar-refractivity contribution < 1.29 is 14.6 Å². The van der Waals surface area contributed by atoms with Gasteiger partial charge in [0.1, 0.15) is 5.75 Å². The summed E-state index contributed by atoms with van der Waals surface area (Å²) in [5.74, 6) is -0.449. The summed E-state index contributed by atoms with van der Waals surface area (Å²) < 4.78 is 5.97. The minimum Gasteiger partial charge on any atom is -0.495 e. The maximum absolute atomic E-state index is 11.4. The number of hydrogen-bond donors (Lipinski definition) is 1. The smallest absolute Gasteiger partial charge is 0.337 e. The molecule has 0 fully saturated rings. The van der Waals surface area contributed by atoms with Crippen LogP contribution in [0.4, 0.5) is 0 Å². The molecule has 2 aromatic rings. The first-order valence-electron chi connectivity index (χ1n) is 5.55. The number of benzene rings is 1. The van der Waals surface area contributed by atoms with Gasteiger partial charge in [0.05, 0.1) is 17.2 Å². The summed E-state index contributed by atoms with van der Waals surface area (Å²) in [6.45, 7) is 0. The van der Waals surface area contributed by atoms with E-state index in [2.05, 4.69) is 15.9 Å². The fourth-order valence-corrected chi connectivity index (χ4v) is 3.46. The van der Waals surface area contributed by atoms with E-state index in [4.69, 9.17) is 16.3 Å². The molecular formula is C14H10BrClO3S. The van der Waals surface area contributed by atoms with Gasteiger partial charge in [-0.3, -0.25) is 0 Å². The van der Waals surface area contributed by atoms with Gasteiger partial charge in [0, 0.05) is 15.5 Å². The van der Waals surface area contributed by atoms with Gasteiger partial charge in [-0.05, 0) is 45.6 Å². The first-order valence-corrected chi connectivity index (χ1v) is 7.60. The predicted octanol–water partition coefficient (Wildman–Crippen LogP) is 4.80. The van der Waals surface area contributed by atoms with Crippen LogP contribution in [-0.2, 0) is 4.79 Å². The van der Waals surface area contributed by atoms with E-state index in [1.54, 1.807) is 24.3 Å². The zero-order chi connectivity index (χ0) is 14.7. The molecular weight excluding hydrogens is 364 g/mol. The Bertz CT molecular complexity index is 665. The lowest BCUT2D eigenvalue weighted by Crippen LogP contribution is -1.98. The van der Waals surface area contributed by atoms with Crippen molar-refractivity contribution in [1.29, 1.82) is 0 Å². The Morgan fingerprint density at radius 2 is 2.25 bits per heavy atom. The Hall–Kier alpha value is -1.30. The Kier molecular flexibility index (Phi) is 4.86. The highest BCUT2D eigenvalue weighted by Crippen LogP contribution is 2.35. The summed E-state index contributed by atoms with van der Waals surface area (Å²) in [6.07, 6.45) is 1.56. The first kappa shape index (κ1) is 15.1. The fourth-order valence-electron chi connectivity index (χ4n) is 1.73. The van der Waals surface area contributed by atoms with Crippen molar-refractivity contribution in [2.45, 2.75) is 0 Å². The number of carboxylic acid groups (broad SMARTS) is 1. The van der Waals surface area contributed by atoms with Crippen LogP contribution in [-0.4, -0.2) is 18.2 Å². The van der Waals surface area contributed by atoms with Gasteiger partial charge >= 0.3 is 5.97 Å². The summed E-state index contributed by atoms with van der Waals surface area (Å²) in [5.41, 5.74) is 0.810. The molecule has 1 N–H and O–H groups in total. The van der Waals surface area contributed by atoms with E-state index in [-0.39, 0.29) is 5.57 Å². The van der Waals surface area contributed by atoms with Crippen molar-refractivity contribution in [3.8, 4) is 5.75 Å². The molecule has 0 saturated carbocycles. The fraction of sp³-hybridized carbons (Fsp3) is 0.0714. The predicted molar refractivity (Wildman–Crippen MR) is 85.5 cm³/mol. The monoisotopic (exact) mass is 372 g/mol. The van der Waals surface area contributed by atoms with Gasteiger partial charge in [-0.1, -0.05) is 17.7 Å². The zero-order valence-electron chi connectivity index (χ0n) is 10.4. The minimum atomic E-state index is -0.995. The van der Waals surface area contributed by atoms with Crippen LogP contribution in [0.15, 0.2) is 34.1 Å². The van der Waals surface area contributed by atoms with E-state index in [0.29, 0.717) is 25.7 Å². The molecule has 0 aliphatic heterocycles. The number of thiophene rings is 1. The van der Waals surface area contributed by atoms with E-state index < -0.39 is 5.97 Å². The lowest BCUT2D eigenvalue weighted by molar-refractivity contribution is -0.130. The molecule has 3 nitrogen and oxygen atoms in total. The normalized spacial score (nSPS) is 11.4. The van der Waals surface area contributed by atoms with Gasteiger partial charge in [0.25, 0.3) is 0 Å². The van der Waals surface area contributed by atoms with Crippen molar-refractivity contribution in [3.05, 3.63) is 49.6 Å². The average molecular weight is 374 g/mol. The van der Waals surface area contributed by atoms with Crippen molar-refractivity contribution in [3.63, 3.8) is 0 Å². The van der Waals surface area contributed by atoms with Gasteiger partial charge in [-0.15, -0.1) is 11.3 Å². The molecule has 0 saturated heterocycles. The molecule has 1 aromatic heterocycles. The summed E-state index contributed by atoms with van der Waals surface area (Å²) in [4.78, 5) is 12.1. The van der Waals surface area contributed by atoms with E-state index in [1.807, 2.05) is 11.4 Å². The molecule has 0 aliphatic carbocycles. The molecule has 0 spiro atoms.